The number of hydrogen-bond acceptors (Lipinski definition) is 3. The molecule has 0 saturated carbocycles. The van der Waals surface area contributed by atoms with Gasteiger partial charge in [0.25, 0.3) is 0 Å². The lowest BCUT2D eigenvalue weighted by molar-refractivity contribution is 0.474. The van der Waals surface area contributed by atoms with Gasteiger partial charge in [-0.3, -0.25) is 0 Å². The second kappa shape index (κ2) is 3.61. The van der Waals surface area contributed by atoms with Crippen LogP contribution in [0.15, 0.2) is 29.4 Å². The number of nitrogens with zero attached hydrogens (tertiary/aromatic N) is 1. The third kappa shape index (κ3) is 1.97. The fourth-order valence-corrected chi connectivity index (χ4v) is 0.731. The van der Waals surface area contributed by atoms with Gasteiger partial charge in [0.15, 0.2) is 0 Å². The second-order valence-electron chi connectivity index (χ2n) is 2.04. The number of phenols is 1. The Labute approximate surface area is 65.4 Å². The molecule has 0 radical (unpaired) electrons. The van der Waals surface area contributed by atoms with Gasteiger partial charge in [-0.05, 0) is 12.1 Å². The maximum atomic E-state index is 9.22. The zero-order valence-electron chi connectivity index (χ0n) is 6.28. The molecule has 11 heavy (non-hydrogen) atoms. The standard InChI is InChI=1S/C8H10N2O/c1-9-10-6-7-4-2-3-5-8(7)11/h2-6,9,11H,1H3/b10-6+. The van der Waals surface area contributed by atoms with Crippen molar-refractivity contribution in [3.63, 3.8) is 0 Å². The number of phenolic OH excluding ortho intramolecular Hbond substituents is 1. The van der Waals surface area contributed by atoms with Gasteiger partial charge in [-0.2, -0.15) is 5.10 Å². The summed E-state index contributed by atoms with van der Waals surface area (Å²) in [6.45, 7) is 0. The van der Waals surface area contributed by atoms with E-state index >= 15 is 0 Å². The molecule has 3 heteroatoms. The van der Waals surface area contributed by atoms with Crippen molar-refractivity contribution in [1.82, 2.24) is 5.43 Å². The molecule has 0 spiro atoms. The number of benzene rings is 1. The normalized spacial score (nSPS) is 10.3. The average molecular weight is 150 g/mol. The Morgan fingerprint density at radius 3 is 2.82 bits per heavy atom. The molecule has 0 unspecified atom stereocenters. The number of hydrogen-bond donors (Lipinski definition) is 2. The zero-order valence-corrected chi connectivity index (χ0v) is 6.28. The van der Waals surface area contributed by atoms with Crippen molar-refractivity contribution in [2.24, 2.45) is 5.10 Å². The molecule has 0 aliphatic heterocycles. The van der Waals surface area contributed by atoms with Gasteiger partial charge in [0.2, 0.25) is 0 Å². The molecule has 1 aromatic rings. The van der Waals surface area contributed by atoms with Crippen molar-refractivity contribution in [2.45, 2.75) is 0 Å². The van der Waals surface area contributed by atoms with Gasteiger partial charge in [0, 0.05) is 12.6 Å². The van der Waals surface area contributed by atoms with Gasteiger partial charge < -0.3 is 10.5 Å². The number of aromatic hydroxyl groups is 1. The first-order chi connectivity index (χ1) is 5.34. The van der Waals surface area contributed by atoms with Crippen molar-refractivity contribution in [3.8, 4) is 5.75 Å². The van der Waals surface area contributed by atoms with Crippen LogP contribution in [-0.2, 0) is 0 Å². The monoisotopic (exact) mass is 150 g/mol. The van der Waals surface area contributed by atoms with Crippen LogP contribution in [-0.4, -0.2) is 18.4 Å². The van der Waals surface area contributed by atoms with Crippen LogP contribution in [0.2, 0.25) is 0 Å². The summed E-state index contributed by atoms with van der Waals surface area (Å²) in [4.78, 5) is 0. The van der Waals surface area contributed by atoms with E-state index in [1.807, 2.05) is 6.07 Å². The molecule has 2 N–H and O–H groups in total. The van der Waals surface area contributed by atoms with Gasteiger partial charge >= 0.3 is 0 Å². The molecule has 1 aromatic carbocycles. The maximum absolute atomic E-state index is 9.22. The van der Waals surface area contributed by atoms with Crippen LogP contribution in [0.3, 0.4) is 0 Å². The zero-order chi connectivity index (χ0) is 8.10. The van der Waals surface area contributed by atoms with Crippen molar-refractivity contribution >= 4 is 6.21 Å². The van der Waals surface area contributed by atoms with Crippen LogP contribution in [0, 0.1) is 0 Å². The smallest absolute Gasteiger partial charge is 0.124 e. The summed E-state index contributed by atoms with van der Waals surface area (Å²) in [5.74, 6) is 0.242. The summed E-state index contributed by atoms with van der Waals surface area (Å²) >= 11 is 0. The molecule has 1 rings (SSSR count). The first-order valence-electron chi connectivity index (χ1n) is 3.32. The molecule has 58 valence electrons. The van der Waals surface area contributed by atoms with E-state index in [-0.39, 0.29) is 5.75 Å². The van der Waals surface area contributed by atoms with Gasteiger partial charge in [0.1, 0.15) is 5.75 Å². The highest BCUT2D eigenvalue weighted by atomic mass is 16.3. The number of nitrogens with one attached hydrogen (secondary N) is 1. The quantitative estimate of drug-likeness (QED) is 0.487. The first-order valence-corrected chi connectivity index (χ1v) is 3.32. The highest BCUT2D eigenvalue weighted by Gasteiger charge is 1.92. The van der Waals surface area contributed by atoms with E-state index in [2.05, 4.69) is 10.5 Å². The molecule has 3 nitrogen and oxygen atoms in total. The number of hydrazone groups is 1. The van der Waals surface area contributed by atoms with E-state index in [1.165, 1.54) is 0 Å². The van der Waals surface area contributed by atoms with E-state index < -0.39 is 0 Å². The van der Waals surface area contributed by atoms with E-state index in [4.69, 9.17) is 0 Å². The fraction of sp³-hybridized carbons (Fsp3) is 0.125. The first kappa shape index (κ1) is 7.60. The molecule has 0 heterocycles. The van der Waals surface area contributed by atoms with Crippen LogP contribution in [0.1, 0.15) is 5.56 Å². The van der Waals surface area contributed by atoms with E-state index in [0.717, 1.165) is 0 Å². The molecule has 0 bridgehead atoms. The van der Waals surface area contributed by atoms with Crippen LogP contribution >= 0.6 is 0 Å². The Hall–Kier alpha value is -1.51. The Balaban J connectivity index is 2.86. The van der Waals surface area contributed by atoms with E-state index in [1.54, 1.807) is 31.5 Å². The van der Waals surface area contributed by atoms with E-state index in [9.17, 15) is 5.11 Å². The van der Waals surface area contributed by atoms with E-state index in [0.29, 0.717) is 5.56 Å². The highest BCUT2D eigenvalue weighted by Crippen LogP contribution is 2.12. The second-order valence-corrected chi connectivity index (χ2v) is 2.04. The molecular weight excluding hydrogens is 140 g/mol. The molecule has 0 aliphatic carbocycles. The van der Waals surface area contributed by atoms with Crippen molar-refractivity contribution in [1.29, 1.82) is 0 Å². The van der Waals surface area contributed by atoms with Crippen LogP contribution in [0.4, 0.5) is 0 Å². The maximum Gasteiger partial charge on any atom is 0.124 e. The summed E-state index contributed by atoms with van der Waals surface area (Å²) in [6, 6.07) is 7.02. The third-order valence-corrected chi connectivity index (χ3v) is 1.27. The Bertz CT molecular complexity index is 258. The van der Waals surface area contributed by atoms with Gasteiger partial charge in [0.05, 0.1) is 6.21 Å². The Kier molecular flexibility index (Phi) is 2.49. The molecule has 0 aromatic heterocycles. The molecule has 0 saturated heterocycles. The predicted molar refractivity (Wildman–Crippen MR) is 44.8 cm³/mol. The highest BCUT2D eigenvalue weighted by molar-refractivity contribution is 5.82. The average Bonchev–Trinajstić information content (AvgIpc) is 2.03. The Morgan fingerprint density at radius 2 is 2.18 bits per heavy atom. The lowest BCUT2D eigenvalue weighted by Crippen LogP contribution is -1.94. The van der Waals surface area contributed by atoms with Crippen molar-refractivity contribution in [2.75, 3.05) is 7.05 Å². The van der Waals surface area contributed by atoms with Gasteiger partial charge in [-0.1, -0.05) is 12.1 Å². The minimum atomic E-state index is 0.242. The minimum Gasteiger partial charge on any atom is -0.507 e. The number of para-hydroxylation sites is 1. The Morgan fingerprint density at radius 1 is 1.45 bits per heavy atom. The summed E-state index contributed by atoms with van der Waals surface area (Å²) in [5, 5.41) is 13.0. The summed E-state index contributed by atoms with van der Waals surface area (Å²) in [6.07, 6.45) is 1.56. The van der Waals surface area contributed by atoms with Crippen molar-refractivity contribution < 1.29 is 5.11 Å². The molecule has 0 fully saturated rings. The largest absolute Gasteiger partial charge is 0.507 e. The molecule has 0 atom stereocenters. The number of rotatable bonds is 2. The van der Waals surface area contributed by atoms with Gasteiger partial charge in [-0.15, -0.1) is 0 Å². The summed E-state index contributed by atoms with van der Waals surface area (Å²) < 4.78 is 0. The fourth-order valence-electron chi connectivity index (χ4n) is 0.731. The predicted octanol–water partition coefficient (Wildman–Crippen LogP) is 0.946. The SMILES string of the molecule is CN/N=C/c1ccccc1O. The molecular formula is C8H10N2O. The van der Waals surface area contributed by atoms with Crippen LogP contribution < -0.4 is 5.43 Å². The molecule has 0 amide bonds. The lowest BCUT2D eigenvalue weighted by atomic mass is 10.2. The van der Waals surface area contributed by atoms with Crippen molar-refractivity contribution in [3.05, 3.63) is 29.8 Å². The summed E-state index contributed by atoms with van der Waals surface area (Å²) in [7, 11) is 1.70. The topological polar surface area (TPSA) is 44.6 Å². The minimum absolute atomic E-state index is 0.242. The van der Waals surface area contributed by atoms with Gasteiger partial charge in [-0.25, -0.2) is 0 Å². The molecule has 0 aliphatic rings. The van der Waals surface area contributed by atoms with Crippen LogP contribution in [0.25, 0.3) is 0 Å². The lowest BCUT2D eigenvalue weighted by Gasteiger charge is -1.95. The van der Waals surface area contributed by atoms with Crippen LogP contribution in [0.5, 0.6) is 5.75 Å². The third-order valence-electron chi connectivity index (χ3n) is 1.27. The summed E-state index contributed by atoms with van der Waals surface area (Å²) in [5.41, 5.74) is 3.31.